The second-order valence-electron chi connectivity index (χ2n) is 5.08. The van der Waals surface area contributed by atoms with Gasteiger partial charge < -0.3 is 5.32 Å². The van der Waals surface area contributed by atoms with Gasteiger partial charge in [-0.05, 0) is 30.7 Å². The molecule has 3 aromatic rings. The van der Waals surface area contributed by atoms with Crippen molar-refractivity contribution in [2.75, 3.05) is 0 Å². The summed E-state index contributed by atoms with van der Waals surface area (Å²) < 4.78 is 28.0. The third-order valence-electron chi connectivity index (χ3n) is 3.45. The topological polar surface area (TPSA) is 46.4 Å². The van der Waals surface area contributed by atoms with Crippen LogP contribution in [0.5, 0.6) is 0 Å². The van der Waals surface area contributed by atoms with Gasteiger partial charge in [-0.15, -0.1) is 11.3 Å². The molecule has 0 aliphatic heterocycles. The normalized spacial score (nSPS) is 12.8. The Kier molecular flexibility index (Phi) is 4.64. The molecule has 3 rings (SSSR count). The van der Waals surface area contributed by atoms with E-state index in [0.717, 1.165) is 17.1 Å². The maximum atomic E-state index is 13.2. The zero-order valence-electron chi connectivity index (χ0n) is 12.5. The molecule has 4 nitrogen and oxygen atoms in total. The van der Waals surface area contributed by atoms with Crippen LogP contribution < -0.4 is 5.32 Å². The third-order valence-corrected chi connectivity index (χ3v) is 4.48. The quantitative estimate of drug-likeness (QED) is 0.702. The van der Waals surface area contributed by atoms with Gasteiger partial charge in [-0.2, -0.15) is 0 Å². The fraction of sp³-hybridized carbons (Fsp3) is 0.125. The van der Waals surface area contributed by atoms with E-state index in [2.05, 4.69) is 10.3 Å². The molecule has 1 atom stereocenters. The van der Waals surface area contributed by atoms with Crippen molar-refractivity contribution in [2.45, 2.75) is 13.0 Å². The Morgan fingerprint density at radius 1 is 1.42 bits per heavy atom. The van der Waals surface area contributed by atoms with Gasteiger partial charge in [0.15, 0.2) is 21.7 Å². The number of halogens is 3. The molecule has 0 radical (unpaired) electrons. The average molecular weight is 368 g/mol. The van der Waals surface area contributed by atoms with Crippen LogP contribution in [0.4, 0.5) is 8.78 Å². The van der Waals surface area contributed by atoms with Crippen molar-refractivity contribution >= 4 is 39.9 Å². The number of hydrogen-bond acceptors (Lipinski definition) is 3. The van der Waals surface area contributed by atoms with Crippen LogP contribution in [-0.2, 0) is 4.79 Å². The highest BCUT2D eigenvalue weighted by molar-refractivity contribution is 7.15. The standard InChI is InChI=1S/C16H12ClF2N3OS/c1-9(10-2-3-11(18)12(19)8-10)20-14(23)5-4-13-15(17)21-16-22(13)6-7-24-16/h2-9H,1H3,(H,20,23)/b5-4+. The summed E-state index contributed by atoms with van der Waals surface area (Å²) in [6, 6.07) is 3.05. The third kappa shape index (κ3) is 3.32. The molecular weight excluding hydrogens is 356 g/mol. The molecule has 0 saturated heterocycles. The highest BCUT2D eigenvalue weighted by atomic mass is 35.5. The van der Waals surface area contributed by atoms with Crippen LogP contribution in [-0.4, -0.2) is 15.3 Å². The summed E-state index contributed by atoms with van der Waals surface area (Å²) in [4.78, 5) is 16.9. The fourth-order valence-corrected chi connectivity index (χ4v) is 3.21. The predicted molar refractivity (Wildman–Crippen MR) is 90.0 cm³/mol. The van der Waals surface area contributed by atoms with E-state index in [1.165, 1.54) is 23.5 Å². The number of rotatable bonds is 4. The smallest absolute Gasteiger partial charge is 0.244 e. The first-order chi connectivity index (χ1) is 11.5. The second-order valence-corrected chi connectivity index (χ2v) is 6.31. The lowest BCUT2D eigenvalue weighted by molar-refractivity contribution is -0.117. The Balaban J connectivity index is 1.71. The summed E-state index contributed by atoms with van der Waals surface area (Å²) >= 11 is 7.47. The van der Waals surface area contributed by atoms with Crippen molar-refractivity contribution in [1.82, 2.24) is 14.7 Å². The zero-order valence-corrected chi connectivity index (χ0v) is 14.0. The van der Waals surface area contributed by atoms with Crippen molar-refractivity contribution in [2.24, 2.45) is 0 Å². The first-order valence-corrected chi connectivity index (χ1v) is 8.26. The van der Waals surface area contributed by atoms with Gasteiger partial charge >= 0.3 is 0 Å². The number of amides is 1. The Bertz CT molecular complexity index is 935. The van der Waals surface area contributed by atoms with E-state index < -0.39 is 17.7 Å². The molecule has 0 aliphatic rings. The molecule has 2 heterocycles. The number of aromatic nitrogens is 2. The molecule has 1 aromatic carbocycles. The maximum absolute atomic E-state index is 13.2. The van der Waals surface area contributed by atoms with E-state index in [-0.39, 0.29) is 5.91 Å². The van der Waals surface area contributed by atoms with Crippen LogP contribution >= 0.6 is 22.9 Å². The Hall–Kier alpha value is -2.25. The summed E-state index contributed by atoms with van der Waals surface area (Å²) in [5, 5.41) is 4.85. The maximum Gasteiger partial charge on any atom is 0.244 e. The van der Waals surface area contributed by atoms with E-state index in [1.54, 1.807) is 23.6 Å². The van der Waals surface area contributed by atoms with E-state index in [9.17, 15) is 13.6 Å². The number of fused-ring (bicyclic) bond motifs is 1. The van der Waals surface area contributed by atoms with Gasteiger partial charge in [-0.25, -0.2) is 13.8 Å². The molecule has 0 saturated carbocycles. The lowest BCUT2D eigenvalue weighted by atomic mass is 10.1. The molecule has 1 amide bonds. The zero-order chi connectivity index (χ0) is 17.3. The molecule has 0 aliphatic carbocycles. The number of benzene rings is 1. The van der Waals surface area contributed by atoms with Gasteiger partial charge in [0.05, 0.1) is 11.7 Å². The van der Waals surface area contributed by atoms with Crippen molar-refractivity contribution in [3.8, 4) is 0 Å². The summed E-state index contributed by atoms with van der Waals surface area (Å²) in [6.07, 6.45) is 4.69. The number of nitrogens with zero attached hydrogens (tertiary/aromatic N) is 2. The van der Waals surface area contributed by atoms with Crippen molar-refractivity contribution < 1.29 is 13.6 Å². The minimum atomic E-state index is -0.949. The van der Waals surface area contributed by atoms with Crippen LogP contribution in [0.3, 0.4) is 0 Å². The SMILES string of the molecule is CC(NC(=O)/C=C/c1c(Cl)nc2sccn12)c1ccc(F)c(F)c1. The molecule has 0 spiro atoms. The molecule has 24 heavy (non-hydrogen) atoms. The summed E-state index contributed by atoms with van der Waals surface area (Å²) in [5.74, 6) is -2.25. The van der Waals surface area contributed by atoms with Crippen LogP contribution in [0.15, 0.2) is 35.9 Å². The van der Waals surface area contributed by atoms with Gasteiger partial charge in [-0.1, -0.05) is 17.7 Å². The number of carbonyl (C=O) groups excluding carboxylic acids is 1. The van der Waals surface area contributed by atoms with Gasteiger partial charge in [0.2, 0.25) is 5.91 Å². The van der Waals surface area contributed by atoms with Crippen LogP contribution in [0.2, 0.25) is 5.15 Å². The summed E-state index contributed by atoms with van der Waals surface area (Å²) in [5.41, 5.74) is 1.07. The lowest BCUT2D eigenvalue weighted by Gasteiger charge is -2.13. The number of imidazole rings is 1. The van der Waals surface area contributed by atoms with Gasteiger partial charge in [0, 0.05) is 17.7 Å². The highest BCUT2D eigenvalue weighted by Crippen LogP contribution is 2.22. The van der Waals surface area contributed by atoms with E-state index in [1.807, 2.05) is 5.38 Å². The van der Waals surface area contributed by atoms with Crippen LogP contribution in [0.1, 0.15) is 24.2 Å². The van der Waals surface area contributed by atoms with Crippen LogP contribution in [0, 0.1) is 11.6 Å². The fourth-order valence-electron chi connectivity index (χ4n) is 2.21. The van der Waals surface area contributed by atoms with Crippen molar-refractivity contribution in [3.63, 3.8) is 0 Å². The molecule has 2 aromatic heterocycles. The van der Waals surface area contributed by atoms with E-state index >= 15 is 0 Å². The first kappa shape index (κ1) is 16.6. The summed E-state index contributed by atoms with van der Waals surface area (Å²) in [6.45, 7) is 1.68. The molecule has 0 bridgehead atoms. The minimum absolute atomic E-state index is 0.305. The Morgan fingerprint density at radius 2 is 2.21 bits per heavy atom. The molecule has 0 fully saturated rings. The number of carbonyl (C=O) groups is 1. The van der Waals surface area contributed by atoms with Crippen LogP contribution in [0.25, 0.3) is 11.0 Å². The molecule has 1 unspecified atom stereocenters. The van der Waals surface area contributed by atoms with Gasteiger partial charge in [-0.3, -0.25) is 9.20 Å². The molecule has 124 valence electrons. The first-order valence-electron chi connectivity index (χ1n) is 7.00. The Morgan fingerprint density at radius 3 is 2.96 bits per heavy atom. The molecule has 8 heteroatoms. The Labute approximate surface area is 145 Å². The number of hydrogen-bond donors (Lipinski definition) is 1. The minimum Gasteiger partial charge on any atom is -0.346 e. The number of nitrogens with one attached hydrogen (secondary N) is 1. The van der Waals surface area contributed by atoms with Crippen molar-refractivity contribution in [1.29, 1.82) is 0 Å². The molecule has 1 N–H and O–H groups in total. The number of thiazole rings is 1. The predicted octanol–water partition coefficient (Wildman–Crippen LogP) is 4.22. The lowest BCUT2D eigenvalue weighted by Crippen LogP contribution is -2.24. The van der Waals surface area contributed by atoms with Crippen molar-refractivity contribution in [3.05, 3.63) is 63.9 Å². The average Bonchev–Trinajstić information content (AvgIpc) is 3.08. The second kappa shape index (κ2) is 6.70. The van der Waals surface area contributed by atoms with E-state index in [0.29, 0.717) is 16.4 Å². The van der Waals surface area contributed by atoms with Gasteiger partial charge in [0.1, 0.15) is 0 Å². The highest BCUT2D eigenvalue weighted by Gasteiger charge is 2.12. The molecular formula is C16H12ClF2N3OS. The monoisotopic (exact) mass is 367 g/mol. The van der Waals surface area contributed by atoms with E-state index in [4.69, 9.17) is 11.6 Å². The largest absolute Gasteiger partial charge is 0.346 e. The van der Waals surface area contributed by atoms with Gasteiger partial charge in [0.25, 0.3) is 0 Å². The summed E-state index contributed by atoms with van der Waals surface area (Å²) in [7, 11) is 0.